The lowest BCUT2D eigenvalue weighted by atomic mass is 9.93. The van der Waals surface area contributed by atoms with Crippen LogP contribution in [-0.2, 0) is 4.74 Å². The number of anilines is 2. The number of nitrogens with zero attached hydrogens (tertiary/aromatic N) is 5. The van der Waals surface area contributed by atoms with Crippen molar-refractivity contribution in [1.29, 1.82) is 0 Å². The van der Waals surface area contributed by atoms with Gasteiger partial charge in [0.15, 0.2) is 0 Å². The van der Waals surface area contributed by atoms with Crippen molar-refractivity contribution in [2.75, 3.05) is 51.0 Å². The number of nitrogens with one attached hydrogen (secondary N) is 2. The summed E-state index contributed by atoms with van der Waals surface area (Å²) in [5.41, 5.74) is 3.52. The van der Waals surface area contributed by atoms with Gasteiger partial charge in [-0.25, -0.2) is 15.0 Å². The molecule has 10 heteroatoms. The minimum atomic E-state index is -0.258. The lowest BCUT2D eigenvalue weighted by Crippen LogP contribution is -2.47. The van der Waals surface area contributed by atoms with Gasteiger partial charge >= 0.3 is 0 Å². The third kappa shape index (κ3) is 6.50. The summed E-state index contributed by atoms with van der Waals surface area (Å²) in [6, 6.07) is 16.9. The molecule has 1 saturated heterocycles. The van der Waals surface area contributed by atoms with E-state index in [9.17, 15) is 9.59 Å². The largest absolute Gasteiger partial charge is 0.381 e. The molecular formula is C33H37N7O3. The third-order valence-corrected chi connectivity index (χ3v) is 8.46. The van der Waals surface area contributed by atoms with Crippen molar-refractivity contribution in [2.45, 2.75) is 37.8 Å². The molecular weight excluding hydrogens is 542 g/mol. The van der Waals surface area contributed by atoms with Crippen LogP contribution >= 0.6 is 0 Å². The second-order valence-electron chi connectivity index (χ2n) is 11.3. The molecule has 2 aliphatic rings. The highest BCUT2D eigenvalue weighted by Gasteiger charge is 2.23. The number of carbonyl (C=O) groups is 2. The number of ether oxygens (including phenoxy) is 1. The zero-order valence-electron chi connectivity index (χ0n) is 24.6. The van der Waals surface area contributed by atoms with Crippen LogP contribution < -0.4 is 10.6 Å². The fourth-order valence-corrected chi connectivity index (χ4v) is 5.78. The highest BCUT2D eigenvalue weighted by molar-refractivity contribution is 6.09. The topological polar surface area (TPSA) is 113 Å². The second kappa shape index (κ2) is 12.8. The summed E-state index contributed by atoms with van der Waals surface area (Å²) in [4.78, 5) is 44.4. The van der Waals surface area contributed by atoms with Crippen LogP contribution in [0.4, 0.5) is 11.8 Å². The molecule has 10 nitrogen and oxygen atoms in total. The number of hydrogen-bond acceptors (Lipinski definition) is 8. The van der Waals surface area contributed by atoms with Crippen molar-refractivity contribution in [1.82, 2.24) is 24.8 Å². The molecule has 2 aromatic carbocycles. The predicted octanol–water partition coefficient (Wildman–Crippen LogP) is 4.70. The van der Waals surface area contributed by atoms with Crippen LogP contribution in [0.3, 0.4) is 0 Å². The van der Waals surface area contributed by atoms with Crippen molar-refractivity contribution >= 4 is 34.5 Å². The van der Waals surface area contributed by atoms with Crippen LogP contribution in [0.2, 0.25) is 0 Å². The molecule has 1 aliphatic heterocycles. The number of rotatable bonds is 7. The van der Waals surface area contributed by atoms with E-state index in [1.54, 1.807) is 31.6 Å². The number of amides is 2. The maximum atomic E-state index is 13.1. The summed E-state index contributed by atoms with van der Waals surface area (Å²) in [5, 5.41) is 7.08. The monoisotopic (exact) mass is 579 g/mol. The first-order valence-corrected chi connectivity index (χ1v) is 14.9. The first-order valence-electron chi connectivity index (χ1n) is 14.9. The van der Waals surface area contributed by atoms with Gasteiger partial charge in [0.25, 0.3) is 11.8 Å². The Kier molecular flexibility index (Phi) is 8.57. The van der Waals surface area contributed by atoms with Crippen molar-refractivity contribution in [3.05, 3.63) is 78.1 Å². The van der Waals surface area contributed by atoms with Gasteiger partial charge in [0.2, 0.25) is 5.95 Å². The highest BCUT2D eigenvalue weighted by Crippen LogP contribution is 2.32. The Labute approximate surface area is 251 Å². The van der Waals surface area contributed by atoms with E-state index in [1.165, 1.54) is 0 Å². The van der Waals surface area contributed by atoms with E-state index in [0.717, 1.165) is 63.0 Å². The summed E-state index contributed by atoms with van der Waals surface area (Å²) in [6.45, 7) is 3.19. The molecule has 6 rings (SSSR count). The first-order chi connectivity index (χ1) is 21.0. The van der Waals surface area contributed by atoms with Gasteiger partial charge in [0.05, 0.1) is 17.0 Å². The minimum absolute atomic E-state index is 0.0404. The number of fused-ring (bicyclic) bond motifs is 1. The van der Waals surface area contributed by atoms with E-state index in [2.05, 4.69) is 32.5 Å². The van der Waals surface area contributed by atoms with E-state index < -0.39 is 0 Å². The van der Waals surface area contributed by atoms with Gasteiger partial charge in [-0.2, -0.15) is 0 Å². The lowest BCUT2D eigenvalue weighted by Gasteiger charge is -2.32. The molecule has 4 aromatic rings. The van der Waals surface area contributed by atoms with Gasteiger partial charge in [-0.15, -0.1) is 0 Å². The fourth-order valence-electron chi connectivity index (χ4n) is 5.78. The summed E-state index contributed by atoms with van der Waals surface area (Å²) >= 11 is 0. The Balaban J connectivity index is 1.31. The number of aromatic nitrogens is 3. The number of piperazine rings is 1. The first kappa shape index (κ1) is 28.7. The van der Waals surface area contributed by atoms with Crippen molar-refractivity contribution in [3.63, 3.8) is 0 Å². The Morgan fingerprint density at radius 2 is 1.58 bits per heavy atom. The highest BCUT2D eigenvalue weighted by atomic mass is 16.5. The zero-order valence-corrected chi connectivity index (χ0v) is 24.6. The van der Waals surface area contributed by atoms with E-state index in [-0.39, 0.29) is 17.9 Å². The molecule has 2 fully saturated rings. The number of hydrogen-bond donors (Lipinski definition) is 2. The number of methoxy groups -OCH3 is 1. The normalized spacial score (nSPS) is 19.3. The van der Waals surface area contributed by atoms with Gasteiger partial charge in [-0.05, 0) is 62.6 Å². The molecule has 222 valence electrons. The standard InChI is InChI=1S/C33H37N7O3/c1-39-16-18-40(19-17-39)32(42)24-10-8-22(9-11-24)27-20-34-30(38-31(41)23-6-4-3-5-7-23)28-21-35-33(37-29(27)28)36-25-12-14-26(43-2)15-13-25/h3-11,20-21,25-26H,12-19H2,1-2H3,(H,34,38,41)(H,35,36,37)/t25-,26-. The van der Waals surface area contributed by atoms with Gasteiger partial charge < -0.3 is 25.2 Å². The minimum Gasteiger partial charge on any atom is -0.381 e. The maximum absolute atomic E-state index is 13.1. The second-order valence-corrected chi connectivity index (χ2v) is 11.3. The quantitative estimate of drug-likeness (QED) is 0.324. The molecule has 1 saturated carbocycles. The number of pyridine rings is 1. The molecule has 43 heavy (non-hydrogen) atoms. The van der Waals surface area contributed by atoms with E-state index in [4.69, 9.17) is 9.72 Å². The molecule has 3 heterocycles. The van der Waals surface area contributed by atoms with Gasteiger partial charge in [0, 0.05) is 68.4 Å². The van der Waals surface area contributed by atoms with Crippen LogP contribution in [-0.4, -0.2) is 89.0 Å². The Bertz CT molecular complexity index is 1580. The SMILES string of the molecule is CO[C@H]1CC[C@H](Nc2ncc3c(NC(=O)c4ccccc4)ncc(-c4ccc(C(=O)N5CCN(C)CC5)cc4)c3n2)CC1. The Hall–Kier alpha value is -4.41. The molecule has 0 unspecified atom stereocenters. The van der Waals surface area contributed by atoms with Crippen LogP contribution in [0, 0.1) is 0 Å². The molecule has 0 spiro atoms. The average Bonchev–Trinajstić information content (AvgIpc) is 3.06. The van der Waals surface area contributed by atoms with Crippen LogP contribution in [0.15, 0.2) is 67.0 Å². The van der Waals surface area contributed by atoms with Crippen molar-refractivity contribution in [3.8, 4) is 11.1 Å². The zero-order chi connectivity index (χ0) is 29.8. The Morgan fingerprint density at radius 1 is 0.860 bits per heavy atom. The summed E-state index contributed by atoms with van der Waals surface area (Å²) in [6.07, 6.45) is 7.68. The number of benzene rings is 2. The number of carbonyl (C=O) groups excluding carboxylic acids is 2. The summed E-state index contributed by atoms with van der Waals surface area (Å²) in [7, 11) is 3.84. The molecule has 2 N–H and O–H groups in total. The summed E-state index contributed by atoms with van der Waals surface area (Å²) < 4.78 is 5.52. The van der Waals surface area contributed by atoms with Crippen LogP contribution in [0.1, 0.15) is 46.4 Å². The van der Waals surface area contributed by atoms with E-state index >= 15 is 0 Å². The van der Waals surface area contributed by atoms with Crippen LogP contribution in [0.5, 0.6) is 0 Å². The molecule has 1 aliphatic carbocycles. The smallest absolute Gasteiger partial charge is 0.256 e. The maximum Gasteiger partial charge on any atom is 0.256 e. The average molecular weight is 580 g/mol. The fraction of sp³-hybridized carbons (Fsp3) is 0.364. The third-order valence-electron chi connectivity index (χ3n) is 8.46. The van der Waals surface area contributed by atoms with Crippen LogP contribution in [0.25, 0.3) is 22.0 Å². The van der Waals surface area contributed by atoms with E-state index in [1.807, 2.05) is 47.4 Å². The number of likely N-dealkylation sites (N-methyl/N-ethyl adjacent to an activating group) is 1. The van der Waals surface area contributed by atoms with Gasteiger partial charge in [0.1, 0.15) is 5.82 Å². The lowest BCUT2D eigenvalue weighted by molar-refractivity contribution is 0.0663. The molecule has 2 aromatic heterocycles. The van der Waals surface area contributed by atoms with Crippen molar-refractivity contribution in [2.24, 2.45) is 0 Å². The molecule has 2 amide bonds. The molecule has 0 bridgehead atoms. The molecule has 0 radical (unpaired) electrons. The van der Waals surface area contributed by atoms with Gasteiger partial charge in [-0.1, -0.05) is 30.3 Å². The predicted molar refractivity (Wildman–Crippen MR) is 167 cm³/mol. The Morgan fingerprint density at radius 3 is 2.28 bits per heavy atom. The van der Waals surface area contributed by atoms with E-state index in [0.29, 0.717) is 39.9 Å². The van der Waals surface area contributed by atoms with Gasteiger partial charge in [-0.3, -0.25) is 9.59 Å². The van der Waals surface area contributed by atoms with Crippen molar-refractivity contribution < 1.29 is 14.3 Å². The summed E-state index contributed by atoms with van der Waals surface area (Å²) in [5.74, 6) is 0.703. The molecule has 0 atom stereocenters.